The summed E-state index contributed by atoms with van der Waals surface area (Å²) < 4.78 is 37.6. The molecule has 8 heteroatoms. The van der Waals surface area contributed by atoms with Crippen molar-refractivity contribution in [2.24, 2.45) is 0 Å². The number of halogens is 3. The summed E-state index contributed by atoms with van der Waals surface area (Å²) in [5.41, 5.74) is 6.83. The largest absolute Gasteiger partial charge is 0.416 e. The molecule has 2 aromatic heterocycles. The quantitative estimate of drug-likeness (QED) is 0.752. The van der Waals surface area contributed by atoms with Gasteiger partial charge in [-0.05, 0) is 12.1 Å². The van der Waals surface area contributed by atoms with Crippen LogP contribution in [0.15, 0.2) is 35.0 Å². The van der Waals surface area contributed by atoms with Crippen LogP contribution in [-0.4, -0.2) is 9.97 Å². The number of hydrogen-bond donors (Lipinski definition) is 1. The number of alkyl halides is 3. The number of nitrogen functional groups attached to an aromatic ring is 1. The highest BCUT2D eigenvalue weighted by Crippen LogP contribution is 2.33. The van der Waals surface area contributed by atoms with Gasteiger partial charge in [0.2, 0.25) is 0 Å². The molecule has 0 bridgehead atoms. The molecule has 3 nitrogen and oxygen atoms in total. The first-order chi connectivity index (χ1) is 9.93. The Hall–Kier alpha value is -1.93. The summed E-state index contributed by atoms with van der Waals surface area (Å²) in [4.78, 5) is 8.51. The highest BCUT2D eigenvalue weighted by molar-refractivity contribution is 7.15. The molecule has 0 spiro atoms. The van der Waals surface area contributed by atoms with Gasteiger partial charge in [-0.15, -0.1) is 22.7 Å². The molecule has 0 amide bonds. The van der Waals surface area contributed by atoms with Crippen molar-refractivity contribution in [3.8, 4) is 22.0 Å². The Morgan fingerprint density at radius 2 is 1.57 bits per heavy atom. The van der Waals surface area contributed by atoms with E-state index in [1.807, 2.05) is 0 Å². The molecule has 0 aliphatic heterocycles. The zero-order valence-corrected chi connectivity index (χ0v) is 12.0. The van der Waals surface area contributed by atoms with Crippen LogP contribution in [0.5, 0.6) is 0 Å². The van der Waals surface area contributed by atoms with E-state index in [2.05, 4.69) is 9.97 Å². The number of rotatable bonds is 2. The summed E-state index contributed by atoms with van der Waals surface area (Å²) in [5.74, 6) is 0. The van der Waals surface area contributed by atoms with E-state index in [0.717, 1.165) is 12.1 Å². The average molecular weight is 327 g/mol. The summed E-state index contributed by atoms with van der Waals surface area (Å²) in [6.45, 7) is 0. The zero-order chi connectivity index (χ0) is 15.0. The van der Waals surface area contributed by atoms with E-state index in [0.29, 0.717) is 27.1 Å². The second-order valence-corrected chi connectivity index (χ2v) is 5.93. The van der Waals surface area contributed by atoms with Gasteiger partial charge in [0.15, 0.2) is 5.13 Å². The van der Waals surface area contributed by atoms with Crippen LogP contribution in [0.25, 0.3) is 22.0 Å². The molecular weight excluding hydrogens is 319 g/mol. The van der Waals surface area contributed by atoms with Crippen LogP contribution in [0.4, 0.5) is 18.3 Å². The number of hydrogen-bond acceptors (Lipinski definition) is 5. The summed E-state index contributed by atoms with van der Waals surface area (Å²) in [5, 5.41) is 4.73. The van der Waals surface area contributed by atoms with Crippen molar-refractivity contribution in [2.75, 3.05) is 5.73 Å². The molecule has 0 atom stereocenters. The Balaban J connectivity index is 1.90. The fourth-order valence-corrected chi connectivity index (χ4v) is 3.15. The van der Waals surface area contributed by atoms with Crippen LogP contribution in [0.2, 0.25) is 0 Å². The van der Waals surface area contributed by atoms with Gasteiger partial charge in [-0.3, -0.25) is 0 Å². The van der Waals surface area contributed by atoms with Crippen molar-refractivity contribution >= 4 is 27.8 Å². The molecule has 0 aliphatic carbocycles. The van der Waals surface area contributed by atoms with Gasteiger partial charge in [0.25, 0.3) is 0 Å². The molecule has 0 unspecified atom stereocenters. The first kappa shape index (κ1) is 14.0. The lowest BCUT2D eigenvalue weighted by atomic mass is 10.1. The highest BCUT2D eigenvalue weighted by Gasteiger charge is 2.30. The SMILES string of the molecule is Nc1nc(-c2nc(-c3ccc(C(F)(F)F)cc3)cs2)cs1. The predicted molar refractivity (Wildman–Crippen MR) is 78.1 cm³/mol. The van der Waals surface area contributed by atoms with Gasteiger partial charge >= 0.3 is 6.18 Å². The molecule has 3 aromatic rings. The smallest absolute Gasteiger partial charge is 0.375 e. The minimum absolute atomic E-state index is 0.455. The van der Waals surface area contributed by atoms with Gasteiger partial charge in [0, 0.05) is 16.3 Å². The van der Waals surface area contributed by atoms with E-state index in [9.17, 15) is 13.2 Å². The van der Waals surface area contributed by atoms with E-state index < -0.39 is 11.7 Å². The molecule has 108 valence electrons. The van der Waals surface area contributed by atoms with Crippen molar-refractivity contribution < 1.29 is 13.2 Å². The van der Waals surface area contributed by atoms with E-state index in [1.165, 1.54) is 34.8 Å². The summed E-state index contributed by atoms with van der Waals surface area (Å²) in [6.07, 6.45) is -4.33. The van der Waals surface area contributed by atoms with Crippen molar-refractivity contribution in [2.45, 2.75) is 6.18 Å². The Morgan fingerprint density at radius 1 is 0.905 bits per heavy atom. The fourth-order valence-electron chi connectivity index (χ4n) is 1.74. The van der Waals surface area contributed by atoms with Crippen LogP contribution in [0, 0.1) is 0 Å². The Kier molecular flexibility index (Phi) is 3.42. The van der Waals surface area contributed by atoms with Crippen molar-refractivity contribution in [1.82, 2.24) is 9.97 Å². The molecule has 0 saturated carbocycles. The van der Waals surface area contributed by atoms with Gasteiger partial charge in [-0.25, -0.2) is 9.97 Å². The molecule has 0 aliphatic rings. The maximum absolute atomic E-state index is 12.5. The number of nitrogens with zero attached hydrogens (tertiary/aromatic N) is 2. The Morgan fingerprint density at radius 3 is 2.14 bits per heavy atom. The monoisotopic (exact) mass is 327 g/mol. The summed E-state index contributed by atoms with van der Waals surface area (Å²) in [7, 11) is 0. The molecule has 2 N–H and O–H groups in total. The molecule has 2 heterocycles. The number of thiazole rings is 2. The lowest BCUT2D eigenvalue weighted by Gasteiger charge is -2.06. The van der Waals surface area contributed by atoms with Crippen LogP contribution in [0.3, 0.4) is 0 Å². The maximum atomic E-state index is 12.5. The first-order valence-corrected chi connectivity index (χ1v) is 7.54. The van der Waals surface area contributed by atoms with Gasteiger partial charge in [0.1, 0.15) is 10.7 Å². The van der Waals surface area contributed by atoms with E-state index in [4.69, 9.17) is 5.73 Å². The van der Waals surface area contributed by atoms with Crippen LogP contribution < -0.4 is 5.73 Å². The van der Waals surface area contributed by atoms with Crippen molar-refractivity contribution in [3.63, 3.8) is 0 Å². The summed E-state index contributed by atoms with van der Waals surface area (Å²) >= 11 is 2.69. The third kappa shape index (κ3) is 2.91. The minimum atomic E-state index is -4.33. The molecular formula is C13H8F3N3S2. The van der Waals surface area contributed by atoms with Gasteiger partial charge in [-0.1, -0.05) is 12.1 Å². The zero-order valence-electron chi connectivity index (χ0n) is 10.4. The normalized spacial score (nSPS) is 11.8. The third-order valence-electron chi connectivity index (χ3n) is 2.75. The number of aromatic nitrogens is 2. The molecule has 21 heavy (non-hydrogen) atoms. The molecule has 0 fully saturated rings. The number of nitrogens with two attached hydrogens (primary N) is 1. The van der Waals surface area contributed by atoms with Crippen LogP contribution in [-0.2, 0) is 6.18 Å². The minimum Gasteiger partial charge on any atom is -0.375 e. The topological polar surface area (TPSA) is 51.8 Å². The molecule has 1 aromatic carbocycles. The standard InChI is InChI=1S/C13H8F3N3S2/c14-13(15,16)8-3-1-7(2-4-8)9-5-20-11(18-9)10-6-21-12(17)19-10/h1-6H,(H2,17,19). The predicted octanol–water partition coefficient (Wildman–Crippen LogP) is 4.53. The highest BCUT2D eigenvalue weighted by atomic mass is 32.1. The lowest BCUT2D eigenvalue weighted by Crippen LogP contribution is -2.03. The second-order valence-electron chi connectivity index (χ2n) is 4.18. The fraction of sp³-hybridized carbons (Fsp3) is 0.0769. The number of benzene rings is 1. The first-order valence-electron chi connectivity index (χ1n) is 5.78. The van der Waals surface area contributed by atoms with Crippen molar-refractivity contribution in [3.05, 3.63) is 40.6 Å². The van der Waals surface area contributed by atoms with Gasteiger partial charge in [-0.2, -0.15) is 13.2 Å². The van der Waals surface area contributed by atoms with Gasteiger partial charge in [0.05, 0.1) is 11.3 Å². The number of anilines is 1. The molecule has 0 saturated heterocycles. The van der Waals surface area contributed by atoms with E-state index in [1.54, 1.807) is 10.8 Å². The maximum Gasteiger partial charge on any atom is 0.416 e. The van der Waals surface area contributed by atoms with Crippen LogP contribution in [0.1, 0.15) is 5.56 Å². The second kappa shape index (κ2) is 5.12. The summed E-state index contributed by atoms with van der Waals surface area (Å²) in [6, 6.07) is 4.93. The molecule has 3 rings (SSSR count). The average Bonchev–Trinajstić information content (AvgIpc) is 3.06. The molecule has 0 radical (unpaired) electrons. The van der Waals surface area contributed by atoms with E-state index in [-0.39, 0.29) is 0 Å². The van der Waals surface area contributed by atoms with Gasteiger partial charge < -0.3 is 5.73 Å². The Labute approximate surface area is 125 Å². The van der Waals surface area contributed by atoms with Crippen LogP contribution >= 0.6 is 22.7 Å². The third-order valence-corrected chi connectivity index (χ3v) is 4.29. The van der Waals surface area contributed by atoms with E-state index >= 15 is 0 Å². The van der Waals surface area contributed by atoms with Crippen molar-refractivity contribution in [1.29, 1.82) is 0 Å². The lowest BCUT2D eigenvalue weighted by molar-refractivity contribution is -0.137. The Bertz CT molecular complexity index is 760.